The number of rotatable bonds is 0. The van der Waals surface area contributed by atoms with Crippen LogP contribution in [0.25, 0.3) is 11.0 Å². The van der Waals surface area contributed by atoms with Crippen molar-refractivity contribution in [2.45, 2.75) is 0 Å². The zero-order chi connectivity index (χ0) is 7.97. The zero-order valence-corrected chi connectivity index (χ0v) is 9.29. The van der Waals surface area contributed by atoms with Gasteiger partial charge in [-0.2, -0.15) is 0 Å². The van der Waals surface area contributed by atoms with E-state index in [1.54, 1.807) is 0 Å². The summed E-state index contributed by atoms with van der Waals surface area (Å²) in [6.07, 6.45) is 0. The minimum absolute atomic E-state index is 0.0859. The molecule has 1 aromatic heterocycles. The Hall–Kier alpha value is -0.541. The number of anilines is 2. The summed E-state index contributed by atoms with van der Waals surface area (Å²) >= 11 is 0.394. The van der Waals surface area contributed by atoms with Crippen molar-refractivity contribution in [2.24, 2.45) is 0 Å². The molecule has 2 aromatic rings. The fraction of sp³-hybridized carbons (Fsp3) is 0. The Morgan fingerprint density at radius 3 is 2.17 bits per heavy atom. The summed E-state index contributed by atoms with van der Waals surface area (Å²) in [5.74, 6) is 0. The summed E-state index contributed by atoms with van der Waals surface area (Å²) in [4.78, 5) is 0. The molecular weight excluding hydrogens is 286 g/mol. The van der Waals surface area contributed by atoms with Crippen LogP contribution < -0.4 is 8.67 Å². The van der Waals surface area contributed by atoms with E-state index < -0.39 is 0 Å². The molecule has 0 radical (unpaired) electrons. The van der Waals surface area contributed by atoms with E-state index in [4.69, 9.17) is 0 Å². The van der Waals surface area contributed by atoms with Crippen LogP contribution in [0.3, 0.4) is 0 Å². The van der Waals surface area contributed by atoms with E-state index >= 15 is 0 Å². The fourth-order valence-corrected chi connectivity index (χ4v) is 3.48. The second-order valence-corrected chi connectivity index (χ2v) is 4.85. The third-order valence-electron chi connectivity index (χ3n) is 1.72. The first-order chi connectivity index (χ1) is 5.93. The van der Waals surface area contributed by atoms with Gasteiger partial charge < -0.3 is 0 Å². The van der Waals surface area contributed by atoms with Gasteiger partial charge in [-0.05, 0) is 0 Å². The second kappa shape index (κ2) is 2.47. The molecule has 3 rings (SSSR count). The summed E-state index contributed by atoms with van der Waals surface area (Å²) < 4.78 is 15.2. The van der Waals surface area contributed by atoms with Crippen molar-refractivity contribution in [1.82, 2.24) is 7.96 Å². The standard InChI is InChI=1S/C6H4N4Se2/c1-3-5(9-11-7-3)2-6-4(1)8-12-10-6/h1-2,7,9H. The van der Waals surface area contributed by atoms with Gasteiger partial charge in [0.2, 0.25) is 0 Å². The molecule has 0 saturated heterocycles. The summed E-state index contributed by atoms with van der Waals surface area (Å²) in [5, 5.41) is 0. The number of hydrogen-bond acceptors (Lipinski definition) is 4. The van der Waals surface area contributed by atoms with Crippen LogP contribution in [0.2, 0.25) is 0 Å². The van der Waals surface area contributed by atoms with Crippen LogP contribution in [0, 0.1) is 0 Å². The summed E-state index contributed by atoms with van der Waals surface area (Å²) in [6, 6.07) is 4.15. The molecule has 1 aliphatic heterocycles. The molecule has 2 heterocycles. The number of nitrogens with one attached hydrogen (secondary N) is 2. The third kappa shape index (κ3) is 0.898. The van der Waals surface area contributed by atoms with E-state index in [0.717, 1.165) is 11.0 Å². The third-order valence-corrected chi connectivity index (χ3v) is 4.23. The van der Waals surface area contributed by atoms with E-state index in [2.05, 4.69) is 28.8 Å². The van der Waals surface area contributed by atoms with Crippen molar-refractivity contribution in [1.29, 1.82) is 0 Å². The SMILES string of the molecule is c1c2c(cc3n[se]nc13)N[Se]N2. The van der Waals surface area contributed by atoms with Crippen LogP contribution in [0.4, 0.5) is 11.4 Å². The van der Waals surface area contributed by atoms with Crippen molar-refractivity contribution in [2.75, 3.05) is 8.67 Å². The normalized spacial score (nSPS) is 14.0. The van der Waals surface area contributed by atoms with Gasteiger partial charge in [0, 0.05) is 0 Å². The first kappa shape index (κ1) is 6.92. The molecule has 0 aliphatic carbocycles. The molecule has 0 atom stereocenters. The topological polar surface area (TPSA) is 49.8 Å². The first-order valence-electron chi connectivity index (χ1n) is 3.38. The van der Waals surface area contributed by atoms with Gasteiger partial charge in [0.25, 0.3) is 0 Å². The Labute approximate surface area is 81.5 Å². The van der Waals surface area contributed by atoms with Crippen molar-refractivity contribution in [3.05, 3.63) is 12.1 Å². The van der Waals surface area contributed by atoms with E-state index in [1.807, 2.05) is 0 Å². The van der Waals surface area contributed by atoms with Gasteiger partial charge in [-0.15, -0.1) is 0 Å². The maximum atomic E-state index is 4.31. The molecule has 4 nitrogen and oxygen atoms in total. The van der Waals surface area contributed by atoms with Gasteiger partial charge in [0.1, 0.15) is 0 Å². The van der Waals surface area contributed by atoms with Crippen molar-refractivity contribution < 1.29 is 0 Å². The average Bonchev–Trinajstić information content (AvgIpc) is 2.64. The summed E-state index contributed by atoms with van der Waals surface area (Å²) in [5.41, 5.74) is 4.43. The Balaban J connectivity index is 2.38. The number of fused-ring (bicyclic) bond motifs is 2. The van der Waals surface area contributed by atoms with Gasteiger partial charge in [-0.25, -0.2) is 0 Å². The first-order valence-corrected chi connectivity index (χ1v) is 6.62. The van der Waals surface area contributed by atoms with Crippen molar-refractivity contribution >= 4 is 52.8 Å². The molecule has 1 aromatic carbocycles. The molecule has 6 heteroatoms. The number of aromatic nitrogens is 2. The van der Waals surface area contributed by atoms with Crippen molar-refractivity contribution in [3.63, 3.8) is 0 Å². The van der Waals surface area contributed by atoms with Crippen LogP contribution >= 0.6 is 0 Å². The van der Waals surface area contributed by atoms with E-state index in [1.165, 1.54) is 11.4 Å². The number of nitrogens with zero attached hydrogens (tertiary/aromatic N) is 2. The Bertz CT molecular complexity index is 400. The minimum atomic E-state index is 0.0859. The molecule has 12 heavy (non-hydrogen) atoms. The van der Waals surface area contributed by atoms with Gasteiger partial charge in [0.15, 0.2) is 0 Å². The average molecular weight is 290 g/mol. The fourth-order valence-electron chi connectivity index (χ4n) is 1.14. The molecule has 60 valence electrons. The van der Waals surface area contributed by atoms with E-state index in [9.17, 15) is 0 Å². The number of benzene rings is 1. The van der Waals surface area contributed by atoms with Gasteiger partial charge in [-0.1, -0.05) is 0 Å². The quantitative estimate of drug-likeness (QED) is 0.674. The molecule has 1 aliphatic rings. The van der Waals surface area contributed by atoms with Crippen LogP contribution in [-0.4, -0.2) is 38.3 Å². The van der Waals surface area contributed by atoms with Gasteiger partial charge in [-0.3, -0.25) is 0 Å². The number of hydrogen-bond donors (Lipinski definition) is 2. The molecule has 0 amide bonds. The molecule has 0 saturated carbocycles. The van der Waals surface area contributed by atoms with Crippen LogP contribution in [0.5, 0.6) is 0 Å². The molecule has 0 unspecified atom stereocenters. The maximum absolute atomic E-state index is 4.31. The Morgan fingerprint density at radius 1 is 1.00 bits per heavy atom. The summed E-state index contributed by atoms with van der Waals surface area (Å²) in [7, 11) is 0. The molecule has 0 bridgehead atoms. The monoisotopic (exact) mass is 292 g/mol. The Kier molecular flexibility index (Phi) is 1.43. The predicted octanol–water partition coefficient (Wildman–Crippen LogP) is 0.0584. The van der Waals surface area contributed by atoms with Crippen LogP contribution in [0.1, 0.15) is 0 Å². The van der Waals surface area contributed by atoms with Crippen LogP contribution in [0.15, 0.2) is 12.1 Å². The zero-order valence-electron chi connectivity index (χ0n) is 5.87. The van der Waals surface area contributed by atoms with Gasteiger partial charge in [0.05, 0.1) is 0 Å². The summed E-state index contributed by atoms with van der Waals surface area (Å²) in [6.45, 7) is 0. The van der Waals surface area contributed by atoms with Crippen LogP contribution in [-0.2, 0) is 0 Å². The Morgan fingerprint density at radius 2 is 1.58 bits per heavy atom. The molecule has 0 fully saturated rings. The molecular formula is C6H4N4Se2. The second-order valence-electron chi connectivity index (χ2n) is 2.46. The van der Waals surface area contributed by atoms with Gasteiger partial charge >= 0.3 is 81.5 Å². The molecule has 2 N–H and O–H groups in total. The van der Waals surface area contributed by atoms with Crippen molar-refractivity contribution in [3.8, 4) is 0 Å². The predicted molar refractivity (Wildman–Crippen MR) is 49.5 cm³/mol. The molecule has 0 spiro atoms. The van der Waals surface area contributed by atoms with E-state index in [0.29, 0.717) is 15.4 Å². The van der Waals surface area contributed by atoms with E-state index in [-0.39, 0.29) is 15.0 Å².